The monoisotopic (exact) mass is 251 g/mol. The second-order valence-corrected chi connectivity index (χ2v) is 5.38. The molecule has 4 heteroatoms. The molecule has 100 valence electrons. The van der Waals surface area contributed by atoms with Crippen LogP contribution in [0.25, 0.3) is 0 Å². The van der Waals surface area contributed by atoms with Crippen LogP contribution in [0.5, 0.6) is 0 Å². The largest absolute Gasteiger partial charge is 0.456 e. The van der Waals surface area contributed by atoms with E-state index < -0.39 is 5.54 Å². The number of amides is 1. The Labute approximate surface area is 107 Å². The third-order valence-electron chi connectivity index (χ3n) is 3.73. The van der Waals surface area contributed by atoms with Gasteiger partial charge in [-0.25, -0.2) is 0 Å². The second-order valence-electron chi connectivity index (χ2n) is 5.38. The van der Waals surface area contributed by atoms with Crippen molar-refractivity contribution in [2.24, 2.45) is 5.92 Å². The molecule has 0 spiro atoms. The first-order valence-corrected chi connectivity index (χ1v) is 6.53. The number of nitrogens with one attached hydrogen (secondary N) is 1. The van der Waals surface area contributed by atoms with Gasteiger partial charge in [0.2, 0.25) is 0 Å². The molecule has 0 aliphatic heterocycles. The van der Waals surface area contributed by atoms with Gasteiger partial charge in [0.1, 0.15) is 5.76 Å². The van der Waals surface area contributed by atoms with E-state index in [-0.39, 0.29) is 12.5 Å². The maximum atomic E-state index is 12.2. The number of furan rings is 1. The van der Waals surface area contributed by atoms with E-state index in [2.05, 4.69) is 5.32 Å². The van der Waals surface area contributed by atoms with Crippen LogP contribution in [0.3, 0.4) is 0 Å². The van der Waals surface area contributed by atoms with Crippen LogP contribution in [0.1, 0.15) is 48.6 Å². The third kappa shape index (κ3) is 2.43. The van der Waals surface area contributed by atoms with Gasteiger partial charge in [-0.3, -0.25) is 4.79 Å². The van der Waals surface area contributed by atoms with Crippen LogP contribution in [0, 0.1) is 12.8 Å². The van der Waals surface area contributed by atoms with Crippen molar-refractivity contribution >= 4 is 5.91 Å². The van der Waals surface area contributed by atoms with Gasteiger partial charge in [-0.15, -0.1) is 0 Å². The molecular formula is C14H21NO3. The number of aliphatic hydroxyl groups is 1. The van der Waals surface area contributed by atoms with E-state index in [9.17, 15) is 9.90 Å². The van der Waals surface area contributed by atoms with E-state index in [4.69, 9.17) is 4.42 Å². The highest BCUT2D eigenvalue weighted by Gasteiger charge is 2.42. The van der Waals surface area contributed by atoms with Crippen molar-refractivity contribution in [3.63, 3.8) is 0 Å². The van der Waals surface area contributed by atoms with Gasteiger partial charge in [-0.2, -0.15) is 0 Å². The Bertz CT molecular complexity index is 448. The number of rotatable bonds is 5. The Morgan fingerprint density at radius 1 is 1.61 bits per heavy atom. The first-order valence-electron chi connectivity index (χ1n) is 6.53. The molecule has 1 heterocycles. The zero-order valence-electron chi connectivity index (χ0n) is 11.2. The molecular weight excluding hydrogens is 230 g/mol. The number of hydrogen-bond donors (Lipinski definition) is 2. The van der Waals surface area contributed by atoms with E-state index >= 15 is 0 Å². The van der Waals surface area contributed by atoms with Crippen molar-refractivity contribution in [3.05, 3.63) is 23.2 Å². The molecule has 1 saturated carbocycles. The summed E-state index contributed by atoms with van der Waals surface area (Å²) in [7, 11) is 0. The fourth-order valence-electron chi connectivity index (χ4n) is 2.26. The van der Waals surface area contributed by atoms with Gasteiger partial charge in [0.05, 0.1) is 12.1 Å². The summed E-state index contributed by atoms with van der Waals surface area (Å²) in [6.45, 7) is 5.71. The molecule has 0 aromatic carbocycles. The maximum Gasteiger partial charge on any atom is 0.287 e. The second kappa shape index (κ2) is 4.76. The standard InChI is InChI=1S/C14H21NO3/c1-4-11-7-9(2)12(18-11)13(17)15-14(3,8-16)10-5-6-10/h7,10,16H,4-6,8H2,1-3H3,(H,15,17). The molecule has 2 N–H and O–H groups in total. The summed E-state index contributed by atoms with van der Waals surface area (Å²) in [4.78, 5) is 12.2. The molecule has 1 amide bonds. The van der Waals surface area contributed by atoms with Crippen molar-refractivity contribution in [3.8, 4) is 0 Å². The maximum absolute atomic E-state index is 12.2. The summed E-state index contributed by atoms with van der Waals surface area (Å²) in [5.74, 6) is 1.34. The molecule has 4 nitrogen and oxygen atoms in total. The molecule has 1 atom stereocenters. The lowest BCUT2D eigenvalue weighted by atomic mass is 9.96. The van der Waals surface area contributed by atoms with Crippen molar-refractivity contribution in [2.75, 3.05) is 6.61 Å². The smallest absolute Gasteiger partial charge is 0.287 e. The molecule has 0 saturated heterocycles. The summed E-state index contributed by atoms with van der Waals surface area (Å²) in [6.07, 6.45) is 2.90. The minimum absolute atomic E-state index is 0.0379. The number of aliphatic hydroxyl groups excluding tert-OH is 1. The number of aryl methyl sites for hydroxylation is 2. The minimum Gasteiger partial charge on any atom is -0.456 e. The molecule has 18 heavy (non-hydrogen) atoms. The Morgan fingerprint density at radius 2 is 2.28 bits per heavy atom. The molecule has 1 aliphatic rings. The highest BCUT2D eigenvalue weighted by Crippen LogP contribution is 2.39. The Kier molecular flexibility index (Phi) is 3.48. The van der Waals surface area contributed by atoms with Crippen LogP contribution in [-0.4, -0.2) is 23.2 Å². The number of carbonyl (C=O) groups excluding carboxylic acids is 1. The molecule has 2 rings (SSSR count). The molecule has 1 aliphatic carbocycles. The van der Waals surface area contributed by atoms with Gasteiger partial charge in [-0.05, 0) is 38.7 Å². The third-order valence-corrected chi connectivity index (χ3v) is 3.73. The minimum atomic E-state index is -0.525. The molecule has 1 unspecified atom stereocenters. The number of carbonyl (C=O) groups is 1. The Balaban J connectivity index is 2.13. The normalized spacial score (nSPS) is 18.4. The topological polar surface area (TPSA) is 62.5 Å². The van der Waals surface area contributed by atoms with E-state index in [0.29, 0.717) is 11.7 Å². The molecule has 0 radical (unpaired) electrons. The van der Waals surface area contributed by atoms with Gasteiger partial charge in [-0.1, -0.05) is 6.92 Å². The van der Waals surface area contributed by atoms with Gasteiger partial charge < -0.3 is 14.8 Å². The van der Waals surface area contributed by atoms with Crippen LogP contribution in [0.15, 0.2) is 10.5 Å². The average Bonchev–Trinajstić information content (AvgIpc) is 3.13. The van der Waals surface area contributed by atoms with Gasteiger partial charge >= 0.3 is 0 Å². The summed E-state index contributed by atoms with van der Waals surface area (Å²) in [5, 5.41) is 12.4. The van der Waals surface area contributed by atoms with Crippen LogP contribution in [0.4, 0.5) is 0 Å². The van der Waals surface area contributed by atoms with Crippen molar-refractivity contribution in [1.29, 1.82) is 0 Å². The first-order chi connectivity index (χ1) is 8.50. The van der Waals surface area contributed by atoms with Gasteiger partial charge in [0.15, 0.2) is 5.76 Å². The fraction of sp³-hybridized carbons (Fsp3) is 0.643. The van der Waals surface area contributed by atoms with Crippen LogP contribution in [-0.2, 0) is 6.42 Å². The number of hydrogen-bond acceptors (Lipinski definition) is 3. The lowest BCUT2D eigenvalue weighted by Crippen LogP contribution is -2.50. The lowest BCUT2D eigenvalue weighted by molar-refractivity contribution is 0.0794. The van der Waals surface area contributed by atoms with Gasteiger partial charge in [0.25, 0.3) is 5.91 Å². The zero-order valence-corrected chi connectivity index (χ0v) is 11.2. The summed E-state index contributed by atoms with van der Waals surface area (Å²) < 4.78 is 5.52. The van der Waals surface area contributed by atoms with Crippen molar-refractivity contribution < 1.29 is 14.3 Å². The predicted octanol–water partition coefficient (Wildman–Crippen LogP) is 2.04. The molecule has 1 fully saturated rings. The van der Waals surface area contributed by atoms with Crippen molar-refractivity contribution in [1.82, 2.24) is 5.32 Å². The summed E-state index contributed by atoms with van der Waals surface area (Å²) in [6, 6.07) is 1.89. The van der Waals surface area contributed by atoms with E-state index in [1.165, 1.54) is 0 Å². The van der Waals surface area contributed by atoms with E-state index in [1.807, 2.05) is 26.8 Å². The molecule has 1 aromatic rings. The lowest BCUT2D eigenvalue weighted by Gasteiger charge is -2.28. The Hall–Kier alpha value is -1.29. The average molecular weight is 251 g/mol. The Morgan fingerprint density at radius 3 is 2.72 bits per heavy atom. The highest BCUT2D eigenvalue weighted by molar-refractivity contribution is 5.93. The molecule has 1 aromatic heterocycles. The predicted molar refractivity (Wildman–Crippen MR) is 68.5 cm³/mol. The van der Waals surface area contributed by atoms with Crippen LogP contribution >= 0.6 is 0 Å². The van der Waals surface area contributed by atoms with Gasteiger partial charge in [0, 0.05) is 12.0 Å². The molecule has 0 bridgehead atoms. The quantitative estimate of drug-likeness (QED) is 0.841. The van der Waals surface area contributed by atoms with Crippen LogP contribution in [0.2, 0.25) is 0 Å². The van der Waals surface area contributed by atoms with E-state index in [1.54, 1.807) is 0 Å². The highest BCUT2D eigenvalue weighted by atomic mass is 16.4. The first kappa shape index (κ1) is 13.1. The van der Waals surface area contributed by atoms with Crippen LogP contribution < -0.4 is 5.32 Å². The summed E-state index contributed by atoms with van der Waals surface area (Å²) >= 11 is 0. The van der Waals surface area contributed by atoms with Crippen molar-refractivity contribution in [2.45, 2.75) is 45.6 Å². The summed E-state index contributed by atoms with van der Waals surface area (Å²) in [5.41, 5.74) is 0.323. The van der Waals surface area contributed by atoms with E-state index in [0.717, 1.165) is 30.6 Å². The zero-order chi connectivity index (χ0) is 13.3. The fourth-order valence-corrected chi connectivity index (χ4v) is 2.26. The SMILES string of the molecule is CCc1cc(C)c(C(=O)NC(C)(CO)C2CC2)o1.